The van der Waals surface area contributed by atoms with E-state index in [2.05, 4.69) is 17.1 Å². The summed E-state index contributed by atoms with van der Waals surface area (Å²) in [5.74, 6) is 1.85. The van der Waals surface area contributed by atoms with Crippen molar-refractivity contribution in [1.82, 2.24) is 10.1 Å². The summed E-state index contributed by atoms with van der Waals surface area (Å²) in [6.45, 7) is 2.13. The molecule has 5 nitrogen and oxygen atoms in total. The largest absolute Gasteiger partial charge is 0.392 e. The molecule has 0 aliphatic carbocycles. The highest BCUT2D eigenvalue weighted by molar-refractivity contribution is 7.83. The van der Waals surface area contributed by atoms with Crippen LogP contribution in [0, 0.1) is 0 Å². The molecule has 1 N–H and O–H groups in total. The van der Waals surface area contributed by atoms with E-state index in [1.807, 2.05) is 24.3 Å². The first-order valence-electron chi connectivity index (χ1n) is 7.06. The quantitative estimate of drug-likeness (QED) is 0.810. The lowest BCUT2D eigenvalue weighted by Gasteiger charge is -2.01. The van der Waals surface area contributed by atoms with Crippen LogP contribution in [-0.4, -0.2) is 19.5 Å². The molecule has 2 rings (SSSR count). The van der Waals surface area contributed by atoms with Gasteiger partial charge in [-0.15, -0.1) is 0 Å². The monoisotopic (exact) mass is 308 g/mol. The Labute approximate surface area is 126 Å². The van der Waals surface area contributed by atoms with Gasteiger partial charge >= 0.3 is 0 Å². The Morgan fingerprint density at radius 1 is 1.19 bits per heavy atom. The van der Waals surface area contributed by atoms with Crippen LogP contribution < -0.4 is 0 Å². The van der Waals surface area contributed by atoms with E-state index in [-0.39, 0.29) is 12.4 Å². The van der Waals surface area contributed by atoms with Gasteiger partial charge < -0.3 is 9.63 Å². The molecule has 0 radical (unpaired) electrons. The fourth-order valence-corrected chi connectivity index (χ4v) is 2.96. The Morgan fingerprint density at radius 2 is 1.90 bits per heavy atom. The number of aryl methyl sites for hydroxylation is 1. The second-order valence-corrected chi connectivity index (χ2v) is 6.37. The molecule has 1 unspecified atom stereocenters. The van der Waals surface area contributed by atoms with Crippen molar-refractivity contribution >= 4 is 10.8 Å². The first-order chi connectivity index (χ1) is 10.2. The molecule has 0 aliphatic rings. The van der Waals surface area contributed by atoms with Gasteiger partial charge in [-0.3, -0.25) is 4.21 Å². The SMILES string of the molecule is CCCCc1noc(CS(=O)Cc2ccc(CO)cc2)n1. The minimum atomic E-state index is -1.08. The van der Waals surface area contributed by atoms with Crippen LogP contribution in [0.15, 0.2) is 28.8 Å². The first kappa shape index (κ1) is 15.9. The third kappa shape index (κ3) is 5.06. The van der Waals surface area contributed by atoms with Crippen LogP contribution in [-0.2, 0) is 35.3 Å². The Kier molecular flexibility index (Phi) is 6.07. The van der Waals surface area contributed by atoms with E-state index < -0.39 is 10.8 Å². The molecule has 0 saturated carbocycles. The van der Waals surface area contributed by atoms with E-state index in [0.29, 0.717) is 17.5 Å². The maximum atomic E-state index is 12.1. The second-order valence-electron chi connectivity index (χ2n) is 4.91. The maximum absolute atomic E-state index is 12.1. The third-order valence-electron chi connectivity index (χ3n) is 3.08. The third-order valence-corrected chi connectivity index (χ3v) is 4.31. The number of benzene rings is 1. The van der Waals surface area contributed by atoms with Crippen LogP contribution in [0.5, 0.6) is 0 Å². The average Bonchev–Trinajstić information content (AvgIpc) is 2.93. The van der Waals surface area contributed by atoms with Gasteiger partial charge in [-0.25, -0.2) is 0 Å². The smallest absolute Gasteiger partial charge is 0.239 e. The van der Waals surface area contributed by atoms with Gasteiger partial charge in [0.25, 0.3) is 0 Å². The van der Waals surface area contributed by atoms with Crippen LogP contribution in [0.25, 0.3) is 0 Å². The number of nitrogens with zero attached hydrogens (tertiary/aromatic N) is 2. The summed E-state index contributed by atoms with van der Waals surface area (Å²) >= 11 is 0. The number of unbranched alkanes of at least 4 members (excludes halogenated alkanes) is 1. The highest BCUT2D eigenvalue weighted by Gasteiger charge is 2.10. The Morgan fingerprint density at radius 3 is 2.57 bits per heavy atom. The second kappa shape index (κ2) is 8.05. The van der Waals surface area contributed by atoms with Gasteiger partial charge in [0, 0.05) is 23.0 Å². The Bertz CT molecular complexity index is 581. The summed E-state index contributed by atoms with van der Waals surface area (Å²) in [4.78, 5) is 4.25. The van der Waals surface area contributed by atoms with Crippen LogP contribution in [0.1, 0.15) is 42.6 Å². The lowest BCUT2D eigenvalue weighted by Crippen LogP contribution is -2.00. The van der Waals surface area contributed by atoms with E-state index in [9.17, 15) is 4.21 Å². The van der Waals surface area contributed by atoms with Crippen LogP contribution in [0.3, 0.4) is 0 Å². The number of hydrogen-bond donors (Lipinski definition) is 1. The minimum absolute atomic E-state index is 0.0197. The predicted molar refractivity (Wildman–Crippen MR) is 80.8 cm³/mol. The zero-order valence-electron chi connectivity index (χ0n) is 12.1. The molecule has 0 fully saturated rings. The lowest BCUT2D eigenvalue weighted by molar-refractivity contribution is 0.282. The van der Waals surface area contributed by atoms with E-state index >= 15 is 0 Å². The van der Waals surface area contributed by atoms with Gasteiger partial charge in [-0.2, -0.15) is 4.98 Å². The van der Waals surface area contributed by atoms with Gasteiger partial charge in [-0.05, 0) is 17.5 Å². The van der Waals surface area contributed by atoms with Crippen molar-refractivity contribution in [2.24, 2.45) is 0 Å². The summed E-state index contributed by atoms with van der Waals surface area (Å²) in [5, 5.41) is 12.9. The minimum Gasteiger partial charge on any atom is -0.392 e. The van der Waals surface area contributed by atoms with Gasteiger partial charge in [-0.1, -0.05) is 42.8 Å². The van der Waals surface area contributed by atoms with E-state index in [1.165, 1.54) is 0 Å². The molecule has 1 aromatic heterocycles. The highest BCUT2D eigenvalue weighted by atomic mass is 32.2. The lowest BCUT2D eigenvalue weighted by atomic mass is 10.2. The zero-order chi connectivity index (χ0) is 15.1. The van der Waals surface area contributed by atoms with Crippen molar-refractivity contribution < 1.29 is 13.8 Å². The summed E-state index contributed by atoms with van der Waals surface area (Å²) in [6, 6.07) is 7.43. The van der Waals surface area contributed by atoms with E-state index in [4.69, 9.17) is 9.63 Å². The normalized spacial score (nSPS) is 12.5. The van der Waals surface area contributed by atoms with Crippen molar-refractivity contribution in [1.29, 1.82) is 0 Å². The maximum Gasteiger partial charge on any atom is 0.239 e. The van der Waals surface area contributed by atoms with Gasteiger partial charge in [0.2, 0.25) is 5.89 Å². The van der Waals surface area contributed by atoms with Crippen molar-refractivity contribution in [3.05, 3.63) is 47.1 Å². The van der Waals surface area contributed by atoms with Crippen LogP contribution >= 0.6 is 0 Å². The topological polar surface area (TPSA) is 76.2 Å². The molecule has 6 heteroatoms. The molecular weight excluding hydrogens is 288 g/mol. The molecule has 1 aromatic carbocycles. The molecule has 1 heterocycles. The molecule has 2 aromatic rings. The summed E-state index contributed by atoms with van der Waals surface area (Å²) in [5.41, 5.74) is 1.82. The number of aromatic nitrogens is 2. The van der Waals surface area contributed by atoms with Crippen molar-refractivity contribution in [2.45, 2.75) is 44.3 Å². The molecule has 114 valence electrons. The summed E-state index contributed by atoms with van der Waals surface area (Å²) in [7, 11) is -1.08. The van der Waals surface area contributed by atoms with Gasteiger partial charge in [0.05, 0.1) is 6.61 Å². The number of hydrogen-bond acceptors (Lipinski definition) is 5. The Balaban J connectivity index is 1.87. The number of aliphatic hydroxyl groups excluding tert-OH is 1. The van der Waals surface area contributed by atoms with Crippen LogP contribution in [0.4, 0.5) is 0 Å². The van der Waals surface area contributed by atoms with Gasteiger partial charge in [0.15, 0.2) is 5.82 Å². The molecule has 1 atom stereocenters. The molecule has 0 spiro atoms. The van der Waals surface area contributed by atoms with E-state index in [1.54, 1.807) is 0 Å². The van der Waals surface area contributed by atoms with Gasteiger partial charge in [0.1, 0.15) is 5.75 Å². The molecule has 0 bridgehead atoms. The molecular formula is C15H20N2O3S. The van der Waals surface area contributed by atoms with Crippen molar-refractivity contribution in [3.63, 3.8) is 0 Å². The molecule has 0 aliphatic heterocycles. The fraction of sp³-hybridized carbons (Fsp3) is 0.467. The Hall–Kier alpha value is -1.53. The fourth-order valence-electron chi connectivity index (χ4n) is 1.90. The predicted octanol–water partition coefficient (Wildman–Crippen LogP) is 2.35. The summed E-state index contributed by atoms with van der Waals surface area (Å²) < 4.78 is 17.2. The standard InChI is InChI=1S/C15H20N2O3S/c1-2-3-4-14-16-15(20-17-14)11-21(19)10-13-7-5-12(9-18)6-8-13/h5-8,18H,2-4,9-11H2,1H3. The first-order valence-corrected chi connectivity index (χ1v) is 8.55. The number of aliphatic hydroxyl groups is 1. The summed E-state index contributed by atoms with van der Waals surface area (Å²) in [6.07, 6.45) is 2.91. The zero-order valence-corrected chi connectivity index (χ0v) is 12.9. The van der Waals surface area contributed by atoms with Crippen LogP contribution in [0.2, 0.25) is 0 Å². The molecule has 0 amide bonds. The highest BCUT2D eigenvalue weighted by Crippen LogP contribution is 2.10. The number of rotatable bonds is 8. The average molecular weight is 308 g/mol. The van der Waals surface area contributed by atoms with E-state index in [0.717, 1.165) is 30.4 Å². The van der Waals surface area contributed by atoms with Crippen molar-refractivity contribution in [3.8, 4) is 0 Å². The molecule has 21 heavy (non-hydrogen) atoms. The molecule has 0 saturated heterocycles. The van der Waals surface area contributed by atoms with Crippen molar-refractivity contribution in [2.75, 3.05) is 0 Å².